The summed E-state index contributed by atoms with van der Waals surface area (Å²) in [5, 5.41) is 0.637. The van der Waals surface area contributed by atoms with E-state index < -0.39 is 5.97 Å². The molecule has 0 unspecified atom stereocenters. The molecule has 0 spiro atoms. The minimum atomic E-state index is -0.434. The van der Waals surface area contributed by atoms with Crippen LogP contribution in [0.5, 0.6) is 0 Å². The van der Waals surface area contributed by atoms with Gasteiger partial charge in [-0.2, -0.15) is 0 Å². The molecule has 6 heteroatoms. The summed E-state index contributed by atoms with van der Waals surface area (Å²) < 4.78 is 13.1. The van der Waals surface area contributed by atoms with E-state index in [2.05, 4.69) is 66.0 Å². The summed E-state index contributed by atoms with van der Waals surface area (Å²) in [6.07, 6.45) is 3.61. The Hall–Kier alpha value is -4.84. The predicted octanol–water partition coefficient (Wildman–Crippen LogP) is 5.00. The Bertz CT molecular complexity index is 1540. The zero-order valence-electron chi connectivity index (χ0n) is 21.5. The molecule has 0 aliphatic rings. The second kappa shape index (κ2) is 12.4. The lowest BCUT2D eigenvalue weighted by atomic mass is 10.1. The van der Waals surface area contributed by atoms with Gasteiger partial charge in [-0.15, -0.1) is 6.58 Å². The van der Waals surface area contributed by atoms with Crippen molar-refractivity contribution in [3.05, 3.63) is 132 Å². The first-order valence-corrected chi connectivity index (χ1v) is 12.3. The number of rotatable bonds is 10. The molecule has 1 heterocycles. The number of benzene rings is 3. The van der Waals surface area contributed by atoms with Crippen molar-refractivity contribution in [2.75, 3.05) is 18.1 Å². The van der Waals surface area contributed by atoms with Gasteiger partial charge in [0.25, 0.3) is 5.68 Å². The molecule has 0 N–H and O–H groups in total. The molecule has 192 valence electrons. The van der Waals surface area contributed by atoms with Crippen molar-refractivity contribution in [3.63, 3.8) is 0 Å². The molecule has 0 atom stereocenters. The summed E-state index contributed by atoms with van der Waals surface area (Å²) in [5.74, 6) is -0.434. The highest BCUT2D eigenvalue weighted by molar-refractivity contribution is 5.86. The van der Waals surface area contributed by atoms with Crippen LogP contribution in [0.1, 0.15) is 12.5 Å². The van der Waals surface area contributed by atoms with Gasteiger partial charge in [-0.25, -0.2) is 9.79 Å². The van der Waals surface area contributed by atoms with Crippen LogP contribution < -0.4 is 21.3 Å². The largest absolute Gasteiger partial charge is 0.460 e. The molecule has 0 fully saturated rings. The first-order chi connectivity index (χ1) is 18.5. The van der Waals surface area contributed by atoms with Crippen LogP contribution >= 0.6 is 0 Å². The lowest BCUT2D eigenvalue weighted by molar-refractivity contribution is -0.139. The number of oxazole rings is 1. The van der Waals surface area contributed by atoms with Crippen LogP contribution in [0.3, 0.4) is 0 Å². The molecular formula is C32H31N3O3. The van der Waals surface area contributed by atoms with E-state index in [4.69, 9.17) is 9.15 Å². The molecule has 38 heavy (non-hydrogen) atoms. The molecule has 3 aromatic carbocycles. The summed E-state index contributed by atoms with van der Waals surface area (Å²) in [7, 11) is 0. The standard InChI is InChI=1S/C32H31N3O3/c1-5-20-33-32-34(21-22-37-31(36)24(2)3)25(4)30(38-32)23-26-16-18-29(19-17-26)35(27-12-8-6-9-13-27)28-14-10-7-11-15-28/h5-19,23H,1-2,4,20-22H2,3H3/b30-23+,33-32+. The lowest BCUT2D eigenvalue weighted by Crippen LogP contribution is -2.33. The van der Waals surface area contributed by atoms with Gasteiger partial charge in [0.1, 0.15) is 6.61 Å². The van der Waals surface area contributed by atoms with Crippen molar-refractivity contribution >= 4 is 35.7 Å². The third kappa shape index (κ3) is 6.28. The van der Waals surface area contributed by atoms with Crippen LogP contribution in [0.25, 0.3) is 12.7 Å². The molecule has 0 amide bonds. The van der Waals surface area contributed by atoms with E-state index in [-0.39, 0.29) is 6.61 Å². The van der Waals surface area contributed by atoms with Crippen LogP contribution in [-0.2, 0) is 16.1 Å². The zero-order valence-corrected chi connectivity index (χ0v) is 21.5. The molecule has 0 bridgehead atoms. The molecule has 0 saturated carbocycles. The van der Waals surface area contributed by atoms with Crippen LogP contribution in [0.15, 0.2) is 119 Å². The Labute approximate surface area is 222 Å². The van der Waals surface area contributed by atoms with Crippen molar-refractivity contribution in [1.82, 2.24) is 4.57 Å². The van der Waals surface area contributed by atoms with Gasteiger partial charge in [-0.05, 0) is 55.0 Å². The van der Waals surface area contributed by atoms with Gasteiger partial charge >= 0.3 is 5.97 Å². The fourth-order valence-electron chi connectivity index (χ4n) is 3.89. The predicted molar refractivity (Wildman–Crippen MR) is 153 cm³/mol. The lowest BCUT2D eigenvalue weighted by Gasteiger charge is -2.25. The average Bonchev–Trinajstić information content (AvgIpc) is 3.23. The minimum Gasteiger partial charge on any atom is -0.460 e. The van der Waals surface area contributed by atoms with Crippen molar-refractivity contribution in [2.24, 2.45) is 4.99 Å². The van der Waals surface area contributed by atoms with Crippen LogP contribution in [-0.4, -0.2) is 23.7 Å². The number of carbonyl (C=O) groups excluding carboxylic acids is 1. The quantitative estimate of drug-likeness (QED) is 0.173. The average molecular weight is 506 g/mol. The molecular weight excluding hydrogens is 474 g/mol. The Morgan fingerprint density at radius 1 is 0.974 bits per heavy atom. The van der Waals surface area contributed by atoms with Gasteiger partial charge in [-0.1, -0.05) is 67.8 Å². The number of esters is 1. The summed E-state index contributed by atoms with van der Waals surface area (Å²) in [6.45, 7) is 14.0. The molecule has 0 radical (unpaired) electrons. The number of anilines is 3. The second-order valence-electron chi connectivity index (χ2n) is 8.64. The van der Waals surface area contributed by atoms with Gasteiger partial charge in [-0.3, -0.25) is 4.57 Å². The normalized spacial score (nSPS) is 11.8. The molecule has 0 aliphatic heterocycles. The van der Waals surface area contributed by atoms with E-state index in [0.717, 1.165) is 22.6 Å². The number of para-hydroxylation sites is 2. The summed E-state index contributed by atoms with van der Waals surface area (Å²) in [6, 6.07) is 28.7. The smallest absolute Gasteiger partial charge is 0.333 e. The van der Waals surface area contributed by atoms with E-state index in [0.29, 0.717) is 35.1 Å². The number of hydrogen-bond donors (Lipinski definition) is 0. The highest BCUT2D eigenvalue weighted by atomic mass is 16.5. The minimum absolute atomic E-state index is 0.151. The van der Waals surface area contributed by atoms with Crippen molar-refractivity contribution in [2.45, 2.75) is 13.5 Å². The Kier molecular flexibility index (Phi) is 8.57. The van der Waals surface area contributed by atoms with Gasteiger partial charge in [0.15, 0.2) is 5.42 Å². The highest BCUT2D eigenvalue weighted by Crippen LogP contribution is 2.34. The fraction of sp³-hybridized carbons (Fsp3) is 0.125. The zero-order chi connectivity index (χ0) is 26.9. The van der Waals surface area contributed by atoms with Crippen LogP contribution in [0, 0.1) is 0 Å². The third-order valence-corrected chi connectivity index (χ3v) is 5.77. The van der Waals surface area contributed by atoms with E-state index in [1.54, 1.807) is 17.6 Å². The maximum Gasteiger partial charge on any atom is 0.333 e. The van der Waals surface area contributed by atoms with Crippen LogP contribution in [0.2, 0.25) is 0 Å². The Morgan fingerprint density at radius 2 is 1.55 bits per heavy atom. The van der Waals surface area contributed by atoms with E-state index in [9.17, 15) is 4.79 Å². The van der Waals surface area contributed by atoms with Gasteiger partial charge in [0, 0.05) is 22.6 Å². The maximum atomic E-state index is 11.8. The van der Waals surface area contributed by atoms with Crippen molar-refractivity contribution in [3.8, 4) is 0 Å². The third-order valence-electron chi connectivity index (χ3n) is 5.77. The molecule has 4 rings (SSSR count). The van der Waals surface area contributed by atoms with E-state index in [1.165, 1.54) is 0 Å². The number of ether oxygens (including phenoxy) is 1. The molecule has 4 aromatic rings. The molecule has 1 aromatic heterocycles. The Balaban J connectivity index is 1.66. The molecule has 6 nitrogen and oxygen atoms in total. The summed E-state index contributed by atoms with van der Waals surface area (Å²) >= 11 is 0. The number of carbonyl (C=O) groups is 1. The topological polar surface area (TPSA) is 60.0 Å². The monoisotopic (exact) mass is 505 g/mol. The number of hydrogen-bond acceptors (Lipinski definition) is 5. The number of nitrogens with zero attached hydrogens (tertiary/aromatic N) is 3. The molecule has 0 saturated heterocycles. The van der Waals surface area contributed by atoms with Crippen LogP contribution in [0.4, 0.5) is 17.1 Å². The first-order valence-electron chi connectivity index (χ1n) is 12.3. The van der Waals surface area contributed by atoms with E-state index >= 15 is 0 Å². The number of aromatic nitrogens is 1. The maximum absolute atomic E-state index is 11.8. The van der Waals surface area contributed by atoms with Gasteiger partial charge in [0.05, 0.1) is 18.4 Å². The van der Waals surface area contributed by atoms with Crippen molar-refractivity contribution in [1.29, 1.82) is 0 Å². The SMILES string of the molecule is C=CC/N=c1/o/c(=C/c2ccc(N(c3ccccc3)c3ccccc3)cc2)c(=C)n1CCOC(=O)C(=C)C. The van der Waals surface area contributed by atoms with Gasteiger partial charge < -0.3 is 14.1 Å². The van der Waals surface area contributed by atoms with Gasteiger partial charge in [0.2, 0.25) is 0 Å². The highest BCUT2D eigenvalue weighted by Gasteiger charge is 2.12. The molecule has 0 aliphatic carbocycles. The van der Waals surface area contributed by atoms with E-state index in [1.807, 2.05) is 54.6 Å². The first kappa shape index (κ1) is 26.2. The Morgan fingerprint density at radius 3 is 2.11 bits per heavy atom. The second-order valence-corrected chi connectivity index (χ2v) is 8.64. The fourth-order valence-corrected chi connectivity index (χ4v) is 3.89. The summed E-state index contributed by atoms with van der Waals surface area (Å²) in [5.41, 5.74) is 5.45. The van der Waals surface area contributed by atoms with Crippen molar-refractivity contribution < 1.29 is 13.9 Å². The summed E-state index contributed by atoms with van der Waals surface area (Å²) in [4.78, 5) is 18.4.